The van der Waals surface area contributed by atoms with Crippen LogP contribution in [0.3, 0.4) is 0 Å². The minimum Gasteiger partial charge on any atom is -0.377 e. The number of hydrogen-bond donors (Lipinski definition) is 0. The third kappa shape index (κ3) is 1.48. The SMILES string of the molecule is Cc1nc(Cl)cc(N2C3COCC2C3)n1. The highest BCUT2D eigenvalue weighted by molar-refractivity contribution is 6.29. The molecular weight excluding hydrogens is 214 g/mol. The van der Waals surface area contributed by atoms with Crippen molar-refractivity contribution in [3.63, 3.8) is 0 Å². The van der Waals surface area contributed by atoms with Crippen molar-refractivity contribution in [3.05, 3.63) is 17.0 Å². The molecule has 2 atom stereocenters. The molecule has 3 heterocycles. The Balaban J connectivity index is 1.92. The lowest BCUT2D eigenvalue weighted by molar-refractivity contribution is 0.00966. The highest BCUT2D eigenvalue weighted by atomic mass is 35.5. The van der Waals surface area contributed by atoms with Crippen LogP contribution in [-0.4, -0.2) is 35.3 Å². The van der Waals surface area contributed by atoms with Crippen LogP contribution < -0.4 is 4.90 Å². The van der Waals surface area contributed by atoms with Gasteiger partial charge in [0.2, 0.25) is 0 Å². The third-order valence-corrected chi connectivity index (χ3v) is 3.20. The molecule has 0 radical (unpaired) electrons. The molecule has 2 fully saturated rings. The molecule has 80 valence electrons. The molecular formula is C10H12ClN3O. The van der Waals surface area contributed by atoms with E-state index in [1.165, 1.54) is 6.42 Å². The molecule has 2 saturated heterocycles. The number of ether oxygens (including phenoxy) is 1. The normalized spacial score (nSPS) is 28.8. The molecule has 2 unspecified atom stereocenters. The molecule has 0 saturated carbocycles. The number of rotatable bonds is 1. The number of aromatic nitrogens is 2. The van der Waals surface area contributed by atoms with E-state index < -0.39 is 0 Å². The van der Waals surface area contributed by atoms with E-state index >= 15 is 0 Å². The molecule has 2 bridgehead atoms. The lowest BCUT2D eigenvalue weighted by atomic mass is 9.91. The highest BCUT2D eigenvalue weighted by Crippen LogP contribution is 2.35. The Morgan fingerprint density at radius 3 is 2.73 bits per heavy atom. The molecule has 5 heteroatoms. The molecule has 1 aromatic rings. The zero-order chi connectivity index (χ0) is 10.4. The summed E-state index contributed by atoms with van der Waals surface area (Å²) in [6.45, 7) is 3.47. The van der Waals surface area contributed by atoms with E-state index in [1.807, 2.05) is 13.0 Å². The lowest BCUT2D eigenvalue weighted by Crippen LogP contribution is -2.64. The first-order valence-electron chi connectivity index (χ1n) is 5.11. The topological polar surface area (TPSA) is 38.2 Å². The van der Waals surface area contributed by atoms with E-state index in [0.717, 1.165) is 24.9 Å². The molecule has 0 amide bonds. The Morgan fingerprint density at radius 1 is 1.40 bits per heavy atom. The van der Waals surface area contributed by atoms with Crippen LogP contribution in [-0.2, 0) is 4.74 Å². The van der Waals surface area contributed by atoms with Crippen molar-refractivity contribution >= 4 is 17.4 Å². The Hall–Kier alpha value is -0.870. The van der Waals surface area contributed by atoms with Crippen LogP contribution in [0, 0.1) is 6.92 Å². The minimum atomic E-state index is 0.481. The zero-order valence-electron chi connectivity index (χ0n) is 8.48. The average molecular weight is 226 g/mol. The van der Waals surface area contributed by atoms with E-state index in [0.29, 0.717) is 17.2 Å². The van der Waals surface area contributed by atoms with Gasteiger partial charge in [-0.3, -0.25) is 0 Å². The van der Waals surface area contributed by atoms with E-state index in [4.69, 9.17) is 16.3 Å². The fourth-order valence-corrected chi connectivity index (χ4v) is 2.58. The van der Waals surface area contributed by atoms with Gasteiger partial charge < -0.3 is 9.64 Å². The maximum Gasteiger partial charge on any atom is 0.134 e. The van der Waals surface area contributed by atoms with Gasteiger partial charge in [0.15, 0.2) is 0 Å². The van der Waals surface area contributed by atoms with Crippen molar-refractivity contribution in [2.75, 3.05) is 18.1 Å². The van der Waals surface area contributed by atoms with Crippen molar-refractivity contribution in [1.82, 2.24) is 9.97 Å². The molecule has 4 nitrogen and oxygen atoms in total. The van der Waals surface area contributed by atoms with Gasteiger partial charge in [0.25, 0.3) is 0 Å². The van der Waals surface area contributed by atoms with Crippen LogP contribution in [0.25, 0.3) is 0 Å². The summed E-state index contributed by atoms with van der Waals surface area (Å²) in [5, 5.41) is 0.517. The second-order valence-electron chi connectivity index (χ2n) is 4.08. The lowest BCUT2D eigenvalue weighted by Gasteiger charge is -2.53. The predicted octanol–water partition coefficient (Wildman–Crippen LogP) is 1.42. The van der Waals surface area contributed by atoms with Gasteiger partial charge in [0.05, 0.1) is 25.3 Å². The van der Waals surface area contributed by atoms with Gasteiger partial charge in [-0.15, -0.1) is 0 Å². The largest absolute Gasteiger partial charge is 0.377 e. The molecule has 0 N–H and O–H groups in total. The van der Waals surface area contributed by atoms with Gasteiger partial charge in [-0.05, 0) is 13.3 Å². The van der Waals surface area contributed by atoms with Crippen molar-refractivity contribution in [3.8, 4) is 0 Å². The van der Waals surface area contributed by atoms with Crippen LogP contribution in [0.5, 0.6) is 0 Å². The maximum absolute atomic E-state index is 5.92. The summed E-state index contributed by atoms with van der Waals surface area (Å²) in [4.78, 5) is 10.8. The monoisotopic (exact) mass is 225 g/mol. The number of halogens is 1. The average Bonchev–Trinajstić information content (AvgIpc) is 2.16. The summed E-state index contributed by atoms with van der Waals surface area (Å²) in [5.41, 5.74) is 0. The Kier molecular flexibility index (Phi) is 2.07. The summed E-state index contributed by atoms with van der Waals surface area (Å²) in [6, 6.07) is 2.79. The van der Waals surface area contributed by atoms with Crippen molar-refractivity contribution in [2.24, 2.45) is 0 Å². The van der Waals surface area contributed by atoms with Crippen LogP contribution in [0.4, 0.5) is 5.82 Å². The van der Waals surface area contributed by atoms with Crippen LogP contribution in [0.15, 0.2) is 6.07 Å². The Labute approximate surface area is 93.2 Å². The summed E-state index contributed by atoms with van der Waals surface area (Å²) >= 11 is 5.92. The van der Waals surface area contributed by atoms with Crippen molar-refractivity contribution < 1.29 is 4.74 Å². The van der Waals surface area contributed by atoms with E-state index in [9.17, 15) is 0 Å². The number of aryl methyl sites for hydroxylation is 1. The van der Waals surface area contributed by atoms with Gasteiger partial charge in [-0.1, -0.05) is 11.6 Å². The fourth-order valence-electron chi connectivity index (χ4n) is 2.36. The number of hydrogen-bond acceptors (Lipinski definition) is 4. The van der Waals surface area contributed by atoms with E-state index in [1.54, 1.807) is 0 Å². The summed E-state index contributed by atoms with van der Waals surface area (Å²) < 4.78 is 5.43. The maximum atomic E-state index is 5.92. The van der Waals surface area contributed by atoms with Crippen molar-refractivity contribution in [1.29, 1.82) is 0 Å². The second kappa shape index (κ2) is 3.32. The number of anilines is 1. The van der Waals surface area contributed by atoms with E-state index in [2.05, 4.69) is 14.9 Å². The number of morpholine rings is 1. The van der Waals surface area contributed by atoms with Gasteiger partial charge in [-0.2, -0.15) is 0 Å². The molecule has 0 spiro atoms. The summed E-state index contributed by atoms with van der Waals surface area (Å²) in [5.74, 6) is 1.67. The zero-order valence-corrected chi connectivity index (χ0v) is 9.24. The van der Waals surface area contributed by atoms with E-state index in [-0.39, 0.29) is 0 Å². The second-order valence-corrected chi connectivity index (χ2v) is 4.47. The minimum absolute atomic E-state index is 0.481. The summed E-state index contributed by atoms with van der Waals surface area (Å²) in [7, 11) is 0. The molecule has 3 rings (SSSR count). The number of nitrogens with zero attached hydrogens (tertiary/aromatic N) is 3. The standard InChI is InChI=1S/C10H12ClN3O/c1-6-12-9(11)3-10(13-6)14-7-2-8(14)5-15-4-7/h3,7-8H,2,4-5H2,1H3. The number of fused-ring (bicyclic) bond motifs is 2. The van der Waals surface area contributed by atoms with Gasteiger partial charge in [0, 0.05) is 6.07 Å². The van der Waals surface area contributed by atoms with Crippen molar-refractivity contribution in [2.45, 2.75) is 25.4 Å². The fraction of sp³-hybridized carbons (Fsp3) is 0.600. The van der Waals surface area contributed by atoms with Gasteiger partial charge in [0.1, 0.15) is 16.8 Å². The smallest absolute Gasteiger partial charge is 0.134 e. The molecule has 15 heavy (non-hydrogen) atoms. The first-order chi connectivity index (χ1) is 7.24. The Morgan fingerprint density at radius 2 is 2.13 bits per heavy atom. The van der Waals surface area contributed by atoms with Crippen LogP contribution >= 0.6 is 11.6 Å². The first kappa shape index (κ1) is 9.36. The summed E-state index contributed by atoms with van der Waals surface area (Å²) in [6.07, 6.45) is 1.21. The van der Waals surface area contributed by atoms with Gasteiger partial charge >= 0.3 is 0 Å². The first-order valence-corrected chi connectivity index (χ1v) is 5.49. The predicted molar refractivity (Wildman–Crippen MR) is 57.3 cm³/mol. The molecule has 2 aliphatic heterocycles. The molecule has 0 aliphatic carbocycles. The van der Waals surface area contributed by atoms with Crippen LogP contribution in [0.1, 0.15) is 12.2 Å². The third-order valence-electron chi connectivity index (χ3n) is 3.01. The molecule has 0 aromatic carbocycles. The highest BCUT2D eigenvalue weighted by Gasteiger charge is 2.43. The Bertz CT molecular complexity index is 364. The quantitative estimate of drug-likeness (QED) is 0.678. The van der Waals surface area contributed by atoms with Crippen LogP contribution in [0.2, 0.25) is 5.15 Å². The van der Waals surface area contributed by atoms with Gasteiger partial charge in [-0.25, -0.2) is 9.97 Å². The molecule has 1 aromatic heterocycles. The molecule has 2 aliphatic rings.